The highest BCUT2D eigenvalue weighted by Crippen LogP contribution is 2.21. The first-order valence-corrected chi connectivity index (χ1v) is 6.92. The van der Waals surface area contributed by atoms with E-state index in [2.05, 4.69) is 16.0 Å². The summed E-state index contributed by atoms with van der Waals surface area (Å²) in [7, 11) is 0. The van der Waals surface area contributed by atoms with E-state index in [1.807, 2.05) is 32.9 Å². The number of aryl methyl sites for hydroxylation is 3. The van der Waals surface area contributed by atoms with Crippen LogP contribution >= 0.6 is 0 Å². The molecule has 0 aliphatic rings. The molecule has 0 bridgehead atoms. The van der Waals surface area contributed by atoms with Crippen LogP contribution in [0, 0.1) is 20.8 Å². The molecule has 0 aliphatic carbocycles. The van der Waals surface area contributed by atoms with E-state index in [1.54, 1.807) is 0 Å². The Bertz CT molecular complexity index is 575. The zero-order valence-corrected chi connectivity index (χ0v) is 13.2. The lowest BCUT2D eigenvalue weighted by Gasteiger charge is -2.15. The fourth-order valence-corrected chi connectivity index (χ4v) is 2.16. The molecule has 5 N–H and O–H groups in total. The van der Waals surface area contributed by atoms with Gasteiger partial charge in [-0.2, -0.15) is 0 Å². The van der Waals surface area contributed by atoms with Gasteiger partial charge in [0.2, 0.25) is 11.8 Å². The second-order valence-corrected chi connectivity index (χ2v) is 5.27. The van der Waals surface area contributed by atoms with Crippen molar-refractivity contribution < 1.29 is 14.4 Å². The van der Waals surface area contributed by atoms with Crippen molar-refractivity contribution in [1.82, 2.24) is 10.6 Å². The van der Waals surface area contributed by atoms with Crippen molar-refractivity contribution in [3.05, 3.63) is 28.8 Å². The lowest BCUT2D eigenvalue weighted by Crippen LogP contribution is -2.48. The summed E-state index contributed by atoms with van der Waals surface area (Å²) in [5.41, 5.74) is 8.71. The molecule has 1 aromatic rings. The number of primary amides is 1. The van der Waals surface area contributed by atoms with E-state index in [4.69, 9.17) is 5.73 Å². The molecule has 1 unspecified atom stereocenters. The predicted octanol–water partition coefficient (Wildman–Crippen LogP) is 0.723. The number of carbonyl (C=O) groups excluding carboxylic acids is 3. The molecule has 0 heterocycles. The molecule has 0 radical (unpaired) electrons. The van der Waals surface area contributed by atoms with Gasteiger partial charge in [0.05, 0.1) is 6.54 Å². The monoisotopic (exact) mass is 306 g/mol. The highest BCUT2D eigenvalue weighted by molar-refractivity contribution is 5.96. The molecule has 0 saturated carbocycles. The number of rotatable bonds is 5. The van der Waals surface area contributed by atoms with Crippen molar-refractivity contribution in [3.63, 3.8) is 0 Å². The third kappa shape index (κ3) is 5.08. The summed E-state index contributed by atoms with van der Waals surface area (Å²) in [4.78, 5) is 34.2. The van der Waals surface area contributed by atoms with Crippen molar-refractivity contribution in [1.29, 1.82) is 0 Å². The first-order chi connectivity index (χ1) is 10.2. The number of hydrogen-bond donors (Lipinski definition) is 4. The van der Waals surface area contributed by atoms with Crippen LogP contribution in [0.3, 0.4) is 0 Å². The molecule has 1 atom stereocenters. The van der Waals surface area contributed by atoms with Gasteiger partial charge in [-0.05, 0) is 38.8 Å². The molecule has 0 saturated heterocycles. The number of urea groups is 1. The smallest absolute Gasteiger partial charge is 0.312 e. The summed E-state index contributed by atoms with van der Waals surface area (Å²) in [5.74, 6) is -0.819. The first-order valence-electron chi connectivity index (χ1n) is 6.92. The molecular formula is C15H22N4O3. The van der Waals surface area contributed by atoms with Gasteiger partial charge >= 0.3 is 6.03 Å². The fraction of sp³-hybridized carbons (Fsp3) is 0.400. The van der Waals surface area contributed by atoms with Gasteiger partial charge in [0.25, 0.3) is 0 Å². The van der Waals surface area contributed by atoms with Gasteiger partial charge < -0.3 is 21.7 Å². The van der Waals surface area contributed by atoms with Crippen LogP contribution in [0.2, 0.25) is 0 Å². The van der Waals surface area contributed by atoms with Crippen LogP contribution in [0.4, 0.5) is 10.5 Å². The van der Waals surface area contributed by atoms with E-state index >= 15 is 0 Å². The van der Waals surface area contributed by atoms with Crippen molar-refractivity contribution in [2.24, 2.45) is 5.73 Å². The number of amides is 4. The Labute approximate surface area is 129 Å². The molecule has 22 heavy (non-hydrogen) atoms. The van der Waals surface area contributed by atoms with E-state index in [0.717, 1.165) is 22.4 Å². The SMILES string of the molecule is Cc1cc(C)c(NC(=O)CNC(=O)C(C)NC(N)=O)c(C)c1. The van der Waals surface area contributed by atoms with Gasteiger partial charge in [-0.25, -0.2) is 4.79 Å². The number of carbonyl (C=O) groups is 3. The summed E-state index contributed by atoms with van der Waals surface area (Å²) < 4.78 is 0. The summed E-state index contributed by atoms with van der Waals surface area (Å²) in [5, 5.41) is 7.45. The highest BCUT2D eigenvalue weighted by atomic mass is 16.2. The maximum atomic E-state index is 11.9. The van der Waals surface area contributed by atoms with Crippen molar-refractivity contribution in [2.75, 3.05) is 11.9 Å². The summed E-state index contributed by atoms with van der Waals surface area (Å²) >= 11 is 0. The average molecular weight is 306 g/mol. The third-order valence-electron chi connectivity index (χ3n) is 3.12. The van der Waals surface area contributed by atoms with Crippen LogP contribution in [-0.4, -0.2) is 30.4 Å². The molecule has 0 aromatic heterocycles. The summed E-state index contributed by atoms with van der Waals surface area (Å²) in [6.45, 7) is 7.10. The molecule has 7 heteroatoms. The molecule has 1 rings (SSSR count). The number of hydrogen-bond acceptors (Lipinski definition) is 3. The second-order valence-electron chi connectivity index (χ2n) is 5.27. The molecular weight excluding hydrogens is 284 g/mol. The Kier molecular flexibility index (Phi) is 5.91. The molecule has 0 aliphatic heterocycles. The average Bonchev–Trinajstić information content (AvgIpc) is 2.39. The lowest BCUT2D eigenvalue weighted by atomic mass is 10.1. The minimum Gasteiger partial charge on any atom is -0.352 e. The highest BCUT2D eigenvalue weighted by Gasteiger charge is 2.15. The van der Waals surface area contributed by atoms with Gasteiger partial charge in [0.15, 0.2) is 0 Å². The van der Waals surface area contributed by atoms with Gasteiger partial charge in [-0.1, -0.05) is 17.7 Å². The topological polar surface area (TPSA) is 113 Å². The number of anilines is 1. The van der Waals surface area contributed by atoms with Crippen LogP contribution in [0.15, 0.2) is 12.1 Å². The Morgan fingerprint density at radius 3 is 2.18 bits per heavy atom. The zero-order chi connectivity index (χ0) is 16.9. The minimum absolute atomic E-state index is 0.184. The van der Waals surface area contributed by atoms with Crippen molar-refractivity contribution in [2.45, 2.75) is 33.7 Å². The Morgan fingerprint density at radius 2 is 1.68 bits per heavy atom. The van der Waals surface area contributed by atoms with Crippen molar-refractivity contribution in [3.8, 4) is 0 Å². The summed E-state index contributed by atoms with van der Waals surface area (Å²) in [6, 6.07) is 2.35. The number of nitrogens with one attached hydrogen (secondary N) is 3. The molecule has 7 nitrogen and oxygen atoms in total. The third-order valence-corrected chi connectivity index (χ3v) is 3.12. The number of benzene rings is 1. The first kappa shape index (κ1) is 17.5. The van der Waals surface area contributed by atoms with E-state index in [9.17, 15) is 14.4 Å². The predicted molar refractivity (Wildman–Crippen MR) is 84.5 cm³/mol. The largest absolute Gasteiger partial charge is 0.352 e. The van der Waals surface area contributed by atoms with Gasteiger partial charge in [-0.15, -0.1) is 0 Å². The molecule has 4 amide bonds. The van der Waals surface area contributed by atoms with Crippen molar-refractivity contribution >= 4 is 23.5 Å². The van der Waals surface area contributed by atoms with Gasteiger partial charge in [-0.3, -0.25) is 9.59 Å². The van der Waals surface area contributed by atoms with E-state index in [0.29, 0.717) is 0 Å². The van der Waals surface area contributed by atoms with Crippen LogP contribution < -0.4 is 21.7 Å². The van der Waals surface area contributed by atoms with Gasteiger partial charge in [0.1, 0.15) is 6.04 Å². The van der Waals surface area contributed by atoms with E-state index < -0.39 is 18.0 Å². The normalized spacial score (nSPS) is 11.5. The molecule has 0 spiro atoms. The van der Waals surface area contributed by atoms with Crippen LogP contribution in [0.25, 0.3) is 0 Å². The Hall–Kier alpha value is -2.57. The quantitative estimate of drug-likeness (QED) is 0.643. The molecule has 120 valence electrons. The fourth-order valence-electron chi connectivity index (χ4n) is 2.16. The zero-order valence-electron chi connectivity index (χ0n) is 13.2. The Balaban J connectivity index is 2.57. The maximum Gasteiger partial charge on any atom is 0.312 e. The molecule has 0 fully saturated rings. The van der Waals surface area contributed by atoms with Gasteiger partial charge in [0, 0.05) is 5.69 Å². The van der Waals surface area contributed by atoms with E-state index in [1.165, 1.54) is 6.92 Å². The minimum atomic E-state index is -0.798. The second kappa shape index (κ2) is 7.44. The standard InChI is InChI=1S/C15H22N4O3/c1-8-5-9(2)13(10(3)6-8)19-12(20)7-17-14(21)11(4)18-15(16)22/h5-6,11H,7H2,1-4H3,(H,17,21)(H,19,20)(H3,16,18,22). The summed E-state index contributed by atoms with van der Waals surface area (Å²) in [6.07, 6.45) is 0. The Morgan fingerprint density at radius 1 is 1.14 bits per heavy atom. The van der Waals surface area contributed by atoms with Crippen LogP contribution in [-0.2, 0) is 9.59 Å². The maximum absolute atomic E-state index is 11.9. The van der Waals surface area contributed by atoms with Crippen LogP contribution in [0.1, 0.15) is 23.6 Å². The van der Waals surface area contributed by atoms with Crippen LogP contribution in [0.5, 0.6) is 0 Å². The lowest BCUT2D eigenvalue weighted by molar-refractivity contribution is -0.125. The van der Waals surface area contributed by atoms with E-state index in [-0.39, 0.29) is 12.5 Å². The molecule has 1 aromatic carbocycles. The number of nitrogens with two attached hydrogens (primary N) is 1.